The summed E-state index contributed by atoms with van der Waals surface area (Å²) in [6.45, 7) is 1.93. The van der Waals surface area contributed by atoms with Crippen LogP contribution in [-0.2, 0) is 19.1 Å². The summed E-state index contributed by atoms with van der Waals surface area (Å²) in [4.78, 5) is 58.0. The third-order valence-electron chi connectivity index (χ3n) is 7.46. The van der Waals surface area contributed by atoms with Crippen molar-refractivity contribution in [3.8, 4) is 17.5 Å². The van der Waals surface area contributed by atoms with Crippen molar-refractivity contribution in [2.75, 3.05) is 32.3 Å². The summed E-state index contributed by atoms with van der Waals surface area (Å²) in [5, 5.41) is 9.63. The lowest BCUT2D eigenvalue weighted by Gasteiger charge is -2.18. The van der Waals surface area contributed by atoms with Gasteiger partial charge in [0.15, 0.2) is 11.8 Å². The van der Waals surface area contributed by atoms with Crippen molar-refractivity contribution >= 4 is 64.4 Å². The van der Waals surface area contributed by atoms with Crippen LogP contribution < -0.4 is 19.1 Å². The molecule has 1 aromatic heterocycles. The van der Waals surface area contributed by atoms with Gasteiger partial charge in [-0.2, -0.15) is 9.97 Å². The summed E-state index contributed by atoms with van der Waals surface area (Å²) in [5.74, 6) is -2.87. The largest absolute Gasteiger partial charge is 0.481 e. The van der Waals surface area contributed by atoms with Gasteiger partial charge in [-0.05, 0) is 62.1 Å². The second kappa shape index (κ2) is 18.0. The van der Waals surface area contributed by atoms with Crippen LogP contribution in [0.15, 0.2) is 57.6 Å². The van der Waals surface area contributed by atoms with Crippen LogP contribution in [0.2, 0.25) is 10.0 Å². The molecule has 50 heavy (non-hydrogen) atoms. The Balaban J connectivity index is 0.000000237. The molecule has 3 aromatic rings. The summed E-state index contributed by atoms with van der Waals surface area (Å²) in [5.41, 5.74) is 0.683. The molecule has 0 unspecified atom stereocenters. The number of anilines is 1. The Bertz CT molecular complexity index is 1760. The fraction of sp³-hybridized carbons (Fsp3) is 0.353. The van der Waals surface area contributed by atoms with E-state index in [9.17, 15) is 28.7 Å². The minimum absolute atomic E-state index is 0.000883. The van der Waals surface area contributed by atoms with Crippen LogP contribution >= 0.6 is 35.0 Å². The molecule has 2 aliphatic rings. The number of hydrogen-bond donors (Lipinski definition) is 1. The van der Waals surface area contributed by atoms with E-state index in [2.05, 4.69) is 9.97 Å². The predicted molar refractivity (Wildman–Crippen MR) is 183 cm³/mol. The number of aromatic nitrogens is 2. The molecule has 0 bridgehead atoms. The first-order valence-electron chi connectivity index (χ1n) is 15.5. The number of aromatic carboxylic acids is 1. The molecule has 0 saturated carbocycles. The molecule has 5 rings (SSSR count). The quantitative estimate of drug-likeness (QED) is 0.0805. The van der Waals surface area contributed by atoms with Gasteiger partial charge in [0.05, 0.1) is 48.2 Å². The lowest BCUT2D eigenvalue weighted by molar-refractivity contribution is -0.146. The summed E-state index contributed by atoms with van der Waals surface area (Å²) in [6, 6.07) is 8.49. The van der Waals surface area contributed by atoms with Crippen LogP contribution in [0.4, 0.5) is 10.1 Å². The number of rotatable bonds is 13. The molecular formula is C34H34Cl2FN3O9S. The molecule has 2 heterocycles. The van der Waals surface area contributed by atoms with Gasteiger partial charge in [-0.25, -0.2) is 18.9 Å². The first kappa shape index (κ1) is 38.4. The van der Waals surface area contributed by atoms with Crippen LogP contribution in [0.1, 0.15) is 62.2 Å². The first-order valence-corrected chi connectivity index (χ1v) is 17.1. The van der Waals surface area contributed by atoms with Gasteiger partial charge in [0.25, 0.3) is 11.8 Å². The molecule has 0 saturated heterocycles. The number of methoxy groups -OCH3 is 2. The minimum Gasteiger partial charge on any atom is -0.481 e. The standard InChI is InChI=1S/C21H23ClFNO5.C13H11ClN2O4S/c1-2-3-6-9-28-19(25)12-29-18-11-17(16(23)10-15(18)22)24-20(26)13-7-4-5-8-14(13)21(24)27;1-19-9-6-10(20-2)16-13(15-9)21-8-5-3-4-7(14)11(8)12(17)18/h10-11H,2-9,12H2,1H3;3-6H,1-2H3,(H,17,18). The molecule has 266 valence electrons. The van der Waals surface area contributed by atoms with E-state index in [4.69, 9.17) is 42.1 Å². The Hall–Kier alpha value is -4.40. The van der Waals surface area contributed by atoms with Gasteiger partial charge < -0.3 is 24.1 Å². The second-order valence-electron chi connectivity index (χ2n) is 10.8. The van der Waals surface area contributed by atoms with E-state index in [0.717, 1.165) is 54.8 Å². The van der Waals surface area contributed by atoms with Gasteiger partial charge in [0, 0.05) is 22.1 Å². The van der Waals surface area contributed by atoms with Crippen molar-refractivity contribution in [1.82, 2.24) is 9.97 Å². The van der Waals surface area contributed by atoms with Crippen LogP contribution in [0, 0.1) is 5.82 Å². The SMILES string of the molecule is CCCCCOC(=O)COc1cc(N2C(=O)C3=C(CCCC3)C2=O)c(F)cc1Cl.COc1cc(OC)nc(Sc2cccc(Cl)c2C(=O)O)n1. The third-order valence-corrected chi connectivity index (χ3v) is 8.99. The average Bonchev–Trinajstić information content (AvgIpc) is 3.35. The summed E-state index contributed by atoms with van der Waals surface area (Å²) >= 11 is 13.0. The number of carbonyl (C=O) groups is 4. The molecule has 2 amide bonds. The van der Waals surface area contributed by atoms with Gasteiger partial charge in [-0.1, -0.05) is 49.0 Å². The van der Waals surface area contributed by atoms with E-state index in [1.807, 2.05) is 6.92 Å². The van der Waals surface area contributed by atoms with Crippen molar-refractivity contribution in [3.05, 3.63) is 69.0 Å². The van der Waals surface area contributed by atoms with E-state index in [1.165, 1.54) is 32.4 Å². The smallest absolute Gasteiger partial charge is 0.344 e. The maximum Gasteiger partial charge on any atom is 0.344 e. The molecule has 16 heteroatoms. The first-order chi connectivity index (χ1) is 24.0. The number of hydrogen-bond acceptors (Lipinski definition) is 11. The zero-order valence-electron chi connectivity index (χ0n) is 27.4. The van der Waals surface area contributed by atoms with Crippen molar-refractivity contribution < 1.29 is 47.6 Å². The third kappa shape index (κ3) is 9.43. The maximum atomic E-state index is 14.5. The van der Waals surface area contributed by atoms with E-state index in [0.29, 0.717) is 52.4 Å². The number of carboxylic acids is 1. The second-order valence-corrected chi connectivity index (χ2v) is 12.6. The van der Waals surface area contributed by atoms with Crippen molar-refractivity contribution in [3.63, 3.8) is 0 Å². The Labute approximate surface area is 301 Å². The zero-order valence-corrected chi connectivity index (χ0v) is 29.8. The van der Waals surface area contributed by atoms with Crippen molar-refractivity contribution in [2.45, 2.75) is 61.9 Å². The lowest BCUT2D eigenvalue weighted by Crippen LogP contribution is -2.32. The summed E-state index contributed by atoms with van der Waals surface area (Å²) in [6.07, 6.45) is 5.40. The van der Waals surface area contributed by atoms with Crippen LogP contribution in [-0.4, -0.2) is 66.3 Å². The van der Waals surface area contributed by atoms with Gasteiger partial charge in [-0.3, -0.25) is 9.59 Å². The molecule has 12 nitrogen and oxygen atoms in total. The average molecular weight is 751 g/mol. The maximum absolute atomic E-state index is 14.5. The highest BCUT2D eigenvalue weighted by molar-refractivity contribution is 7.99. The highest BCUT2D eigenvalue weighted by Crippen LogP contribution is 2.40. The Morgan fingerprint density at radius 2 is 1.60 bits per heavy atom. The number of carbonyl (C=O) groups excluding carboxylic acids is 3. The molecule has 0 radical (unpaired) electrons. The fourth-order valence-corrected chi connectivity index (χ4v) is 6.44. The molecule has 1 N–H and O–H groups in total. The van der Waals surface area contributed by atoms with E-state index in [1.54, 1.807) is 12.1 Å². The van der Waals surface area contributed by atoms with Gasteiger partial charge in [-0.15, -0.1) is 0 Å². The van der Waals surface area contributed by atoms with Crippen LogP contribution in [0.5, 0.6) is 17.5 Å². The summed E-state index contributed by atoms with van der Waals surface area (Å²) in [7, 11) is 2.94. The van der Waals surface area contributed by atoms with E-state index in [-0.39, 0.29) is 27.0 Å². The monoisotopic (exact) mass is 749 g/mol. The predicted octanol–water partition coefficient (Wildman–Crippen LogP) is 7.33. The number of unbranched alkanes of at least 4 members (excludes halogenated alkanes) is 2. The molecule has 0 fully saturated rings. The molecule has 1 aliphatic heterocycles. The van der Waals surface area contributed by atoms with E-state index >= 15 is 0 Å². The van der Waals surface area contributed by atoms with Crippen molar-refractivity contribution in [2.24, 2.45) is 0 Å². The minimum atomic E-state index is -1.11. The van der Waals surface area contributed by atoms with E-state index < -0.39 is 36.2 Å². The lowest BCUT2D eigenvalue weighted by atomic mass is 9.93. The molecular weight excluding hydrogens is 716 g/mol. The Morgan fingerprint density at radius 1 is 0.960 bits per heavy atom. The number of benzene rings is 2. The normalized spacial score (nSPS) is 13.8. The van der Waals surface area contributed by atoms with Crippen LogP contribution in [0.25, 0.3) is 0 Å². The van der Waals surface area contributed by atoms with Gasteiger partial charge in [0.2, 0.25) is 11.8 Å². The van der Waals surface area contributed by atoms with Gasteiger partial charge >= 0.3 is 11.9 Å². The molecule has 0 spiro atoms. The number of amides is 2. The molecule has 0 atom stereocenters. The highest BCUT2D eigenvalue weighted by atomic mass is 35.5. The van der Waals surface area contributed by atoms with Gasteiger partial charge in [0.1, 0.15) is 11.6 Å². The number of halogens is 3. The molecule has 2 aromatic carbocycles. The number of ether oxygens (including phenoxy) is 4. The summed E-state index contributed by atoms with van der Waals surface area (Å²) < 4.78 is 35.1. The van der Waals surface area contributed by atoms with Crippen molar-refractivity contribution in [1.29, 1.82) is 0 Å². The molecule has 1 aliphatic carbocycles. The number of imide groups is 1. The Morgan fingerprint density at radius 3 is 2.18 bits per heavy atom. The fourth-order valence-electron chi connectivity index (χ4n) is 5.01. The number of esters is 1. The topological polar surface area (TPSA) is 154 Å². The number of carboxylic acid groups (broad SMARTS) is 1. The van der Waals surface area contributed by atoms with Crippen LogP contribution in [0.3, 0.4) is 0 Å². The zero-order chi connectivity index (χ0) is 36.4. The Kier molecular flexibility index (Phi) is 13.8. The highest BCUT2D eigenvalue weighted by Gasteiger charge is 2.41. The number of nitrogens with zero attached hydrogens (tertiary/aromatic N) is 3.